The molecule has 28 heavy (non-hydrogen) atoms. The van der Waals surface area contributed by atoms with E-state index < -0.39 is 15.8 Å². The Morgan fingerprint density at radius 3 is 2.46 bits per heavy atom. The summed E-state index contributed by atoms with van der Waals surface area (Å²) in [6, 6.07) is 10.3. The molecule has 2 aromatic rings. The third-order valence-corrected chi connectivity index (χ3v) is 5.40. The van der Waals surface area contributed by atoms with Crippen LogP contribution < -0.4 is 11.0 Å². The molecule has 8 nitrogen and oxygen atoms in total. The summed E-state index contributed by atoms with van der Waals surface area (Å²) < 4.78 is 28.6. The van der Waals surface area contributed by atoms with Gasteiger partial charge in [0.05, 0.1) is 12.9 Å². The van der Waals surface area contributed by atoms with Gasteiger partial charge in [-0.05, 0) is 49.8 Å². The number of rotatable bonds is 6. The molecule has 0 radical (unpaired) electrons. The van der Waals surface area contributed by atoms with Gasteiger partial charge >= 0.3 is 5.69 Å². The molecule has 1 fully saturated rings. The third-order valence-electron chi connectivity index (χ3n) is 4.84. The highest BCUT2D eigenvalue weighted by atomic mass is 32.2. The first-order valence-corrected chi connectivity index (χ1v) is 10.9. The van der Waals surface area contributed by atoms with E-state index in [-0.39, 0.29) is 30.3 Å². The average molecular weight is 405 g/mol. The summed E-state index contributed by atoms with van der Waals surface area (Å²) in [6.45, 7) is 0.184. The molecule has 0 unspecified atom stereocenters. The van der Waals surface area contributed by atoms with E-state index in [0.29, 0.717) is 5.56 Å². The SMILES string of the molecule is CS(=O)(=O)OCC1CCC(n2ccc(NC(=O)c3ccccc3)nc2=O)CC1. The normalized spacial score (nSPS) is 19.9. The van der Waals surface area contributed by atoms with Crippen LogP contribution in [0.5, 0.6) is 0 Å². The number of carbonyl (C=O) groups is 1. The van der Waals surface area contributed by atoms with Crippen molar-refractivity contribution in [1.29, 1.82) is 0 Å². The maximum Gasteiger partial charge on any atom is 0.349 e. The number of nitrogens with zero attached hydrogens (tertiary/aromatic N) is 2. The van der Waals surface area contributed by atoms with E-state index in [1.807, 2.05) is 6.07 Å². The molecule has 0 aliphatic heterocycles. The second-order valence-corrected chi connectivity index (χ2v) is 8.63. The fourth-order valence-corrected chi connectivity index (χ4v) is 3.79. The van der Waals surface area contributed by atoms with Crippen molar-refractivity contribution >= 4 is 21.8 Å². The molecule has 1 aromatic heterocycles. The van der Waals surface area contributed by atoms with Crippen LogP contribution in [0.1, 0.15) is 42.1 Å². The lowest BCUT2D eigenvalue weighted by molar-refractivity contribution is 0.102. The number of amides is 1. The zero-order chi connectivity index (χ0) is 20.1. The molecule has 0 bridgehead atoms. The van der Waals surface area contributed by atoms with E-state index in [1.165, 1.54) is 0 Å². The largest absolute Gasteiger partial charge is 0.349 e. The van der Waals surface area contributed by atoms with Crippen molar-refractivity contribution in [3.63, 3.8) is 0 Å². The molecule has 1 saturated carbocycles. The lowest BCUT2D eigenvalue weighted by Gasteiger charge is -2.29. The molecule has 1 N–H and O–H groups in total. The second-order valence-electron chi connectivity index (χ2n) is 6.99. The van der Waals surface area contributed by atoms with Crippen LogP contribution in [0.2, 0.25) is 0 Å². The van der Waals surface area contributed by atoms with Crippen molar-refractivity contribution in [1.82, 2.24) is 9.55 Å². The minimum atomic E-state index is -3.43. The van der Waals surface area contributed by atoms with Crippen LogP contribution in [0, 0.1) is 5.92 Å². The number of nitrogens with one attached hydrogen (secondary N) is 1. The van der Waals surface area contributed by atoms with Crippen LogP contribution >= 0.6 is 0 Å². The van der Waals surface area contributed by atoms with E-state index in [9.17, 15) is 18.0 Å². The lowest BCUT2D eigenvalue weighted by Crippen LogP contribution is -2.31. The van der Waals surface area contributed by atoms with Gasteiger partial charge in [-0.2, -0.15) is 13.4 Å². The van der Waals surface area contributed by atoms with Gasteiger partial charge in [0.1, 0.15) is 5.82 Å². The molecular weight excluding hydrogens is 382 g/mol. The van der Waals surface area contributed by atoms with E-state index in [0.717, 1.165) is 31.9 Å². The number of hydrogen-bond acceptors (Lipinski definition) is 6. The zero-order valence-electron chi connectivity index (χ0n) is 15.6. The summed E-state index contributed by atoms with van der Waals surface area (Å²) in [5.74, 6) is 0.0565. The Kier molecular flexibility index (Phi) is 6.25. The smallest absolute Gasteiger partial charge is 0.306 e. The number of aromatic nitrogens is 2. The standard InChI is InChI=1S/C19H23N3O5S/c1-28(25,26)27-13-14-7-9-16(10-8-14)22-12-11-17(21-19(22)24)20-18(23)15-5-3-2-4-6-15/h2-6,11-12,14,16H,7-10,13H2,1H3,(H,20,21,23,24). The Balaban J connectivity index is 1.59. The highest BCUT2D eigenvalue weighted by Crippen LogP contribution is 2.31. The first kappa shape index (κ1) is 20.2. The van der Waals surface area contributed by atoms with E-state index in [2.05, 4.69) is 10.3 Å². The third kappa shape index (κ3) is 5.49. The van der Waals surface area contributed by atoms with Gasteiger partial charge in [0.25, 0.3) is 16.0 Å². The van der Waals surface area contributed by atoms with Gasteiger partial charge < -0.3 is 5.32 Å². The van der Waals surface area contributed by atoms with Crippen molar-refractivity contribution < 1.29 is 17.4 Å². The highest BCUT2D eigenvalue weighted by molar-refractivity contribution is 7.85. The predicted octanol–water partition coefficient (Wildman–Crippen LogP) is 2.20. The van der Waals surface area contributed by atoms with E-state index in [1.54, 1.807) is 41.1 Å². The van der Waals surface area contributed by atoms with Gasteiger partial charge in [-0.25, -0.2) is 4.79 Å². The second kappa shape index (κ2) is 8.66. The van der Waals surface area contributed by atoms with Crippen LogP contribution in [0.3, 0.4) is 0 Å². The molecule has 1 aromatic carbocycles. The molecule has 150 valence electrons. The van der Waals surface area contributed by atoms with Crippen molar-refractivity contribution in [2.24, 2.45) is 5.92 Å². The maximum absolute atomic E-state index is 12.4. The first-order valence-electron chi connectivity index (χ1n) is 9.12. The molecule has 1 aliphatic carbocycles. The highest BCUT2D eigenvalue weighted by Gasteiger charge is 2.24. The molecule has 1 amide bonds. The monoisotopic (exact) mass is 405 g/mol. The van der Waals surface area contributed by atoms with Crippen LogP contribution in [0.25, 0.3) is 0 Å². The summed E-state index contributed by atoms with van der Waals surface area (Å²) in [5, 5.41) is 2.63. The van der Waals surface area contributed by atoms with Crippen molar-refractivity contribution in [2.75, 3.05) is 18.2 Å². The molecule has 0 atom stereocenters. The van der Waals surface area contributed by atoms with Gasteiger partial charge in [0.2, 0.25) is 0 Å². The van der Waals surface area contributed by atoms with Crippen LogP contribution in [0.4, 0.5) is 5.82 Å². The number of anilines is 1. The predicted molar refractivity (Wildman–Crippen MR) is 105 cm³/mol. The van der Waals surface area contributed by atoms with Crippen LogP contribution in [-0.4, -0.2) is 36.7 Å². The van der Waals surface area contributed by atoms with Crippen LogP contribution in [0.15, 0.2) is 47.4 Å². The van der Waals surface area contributed by atoms with E-state index in [4.69, 9.17) is 4.18 Å². The molecule has 9 heteroatoms. The Morgan fingerprint density at radius 2 is 1.86 bits per heavy atom. The van der Waals surface area contributed by atoms with Gasteiger partial charge in [-0.3, -0.25) is 13.5 Å². The van der Waals surface area contributed by atoms with Crippen molar-refractivity contribution in [3.8, 4) is 0 Å². The molecular formula is C19H23N3O5S. The van der Waals surface area contributed by atoms with E-state index >= 15 is 0 Å². The summed E-state index contributed by atoms with van der Waals surface area (Å²) >= 11 is 0. The quantitative estimate of drug-likeness (QED) is 0.739. The number of carbonyl (C=O) groups excluding carboxylic acids is 1. The maximum atomic E-state index is 12.4. The minimum Gasteiger partial charge on any atom is -0.306 e. The molecule has 3 rings (SSSR count). The van der Waals surface area contributed by atoms with Crippen molar-refractivity contribution in [2.45, 2.75) is 31.7 Å². The van der Waals surface area contributed by atoms with Gasteiger partial charge in [0.15, 0.2) is 0 Å². The fourth-order valence-electron chi connectivity index (χ4n) is 3.35. The summed E-state index contributed by atoms with van der Waals surface area (Å²) in [4.78, 5) is 28.5. The zero-order valence-corrected chi connectivity index (χ0v) is 16.4. The summed E-state index contributed by atoms with van der Waals surface area (Å²) in [6.07, 6.45) is 5.73. The Labute approximate surface area is 163 Å². The average Bonchev–Trinajstić information content (AvgIpc) is 2.67. The molecule has 0 spiro atoms. The summed E-state index contributed by atoms with van der Waals surface area (Å²) in [5.41, 5.74) is 0.0739. The molecule has 0 saturated heterocycles. The first-order chi connectivity index (χ1) is 13.3. The molecule has 1 heterocycles. The van der Waals surface area contributed by atoms with Gasteiger partial charge in [-0.15, -0.1) is 0 Å². The fraction of sp³-hybridized carbons (Fsp3) is 0.421. The Bertz CT molecular complexity index is 980. The lowest BCUT2D eigenvalue weighted by atomic mass is 9.86. The summed E-state index contributed by atoms with van der Waals surface area (Å²) in [7, 11) is -3.43. The topological polar surface area (TPSA) is 107 Å². The Morgan fingerprint density at radius 1 is 1.18 bits per heavy atom. The van der Waals surface area contributed by atoms with Crippen LogP contribution in [-0.2, 0) is 14.3 Å². The number of hydrogen-bond donors (Lipinski definition) is 1. The molecule has 1 aliphatic rings. The minimum absolute atomic E-state index is 0.00774. The van der Waals surface area contributed by atoms with Gasteiger partial charge in [-0.1, -0.05) is 18.2 Å². The Hall–Kier alpha value is -2.52. The number of benzene rings is 1. The van der Waals surface area contributed by atoms with Crippen molar-refractivity contribution in [3.05, 3.63) is 58.6 Å². The van der Waals surface area contributed by atoms with Gasteiger partial charge in [0, 0.05) is 17.8 Å².